The molecule has 0 unspecified atom stereocenters. The Labute approximate surface area is 166 Å². The Kier molecular flexibility index (Phi) is 9.23. The molecule has 0 aromatic heterocycles. The Hall–Kier alpha value is 0.01000. The predicted octanol–water partition coefficient (Wildman–Crippen LogP) is 7.44. The van der Waals surface area contributed by atoms with Crippen molar-refractivity contribution < 1.29 is 4.79 Å². The second kappa shape index (κ2) is 9.98. The molecule has 0 aromatic carbocycles. The zero-order valence-electron chi connectivity index (χ0n) is 19.1. The van der Waals surface area contributed by atoms with E-state index in [-0.39, 0.29) is 15.8 Å². The van der Waals surface area contributed by atoms with Crippen LogP contribution >= 0.6 is 15.8 Å². The summed E-state index contributed by atoms with van der Waals surface area (Å²) in [5, 5.41) is 0. The average molecular weight is 397 g/mol. The fourth-order valence-electron chi connectivity index (χ4n) is 4.26. The van der Waals surface area contributed by atoms with Crippen LogP contribution in [0.1, 0.15) is 76.2 Å². The van der Waals surface area contributed by atoms with Crippen molar-refractivity contribution in [3.8, 4) is 0 Å². The van der Waals surface area contributed by atoms with Gasteiger partial charge in [0.05, 0.1) is 0 Å². The first-order valence-corrected chi connectivity index (χ1v) is 13.7. The highest BCUT2D eigenvalue weighted by Gasteiger charge is 2.33. The summed E-state index contributed by atoms with van der Waals surface area (Å²) in [6, 6.07) is 0. The van der Waals surface area contributed by atoms with Gasteiger partial charge in [-0.25, -0.2) is 0 Å². The average Bonchev–Trinajstić information content (AvgIpc) is 2.51. The van der Waals surface area contributed by atoms with Gasteiger partial charge in [0, 0.05) is 0 Å². The first-order chi connectivity index (χ1) is 11.9. The number of hydrogen-bond donors (Lipinski definition) is 0. The number of hydrogen-bond acceptors (Lipinski definition) is 1. The molecule has 0 radical (unpaired) electrons. The van der Waals surface area contributed by atoms with Crippen LogP contribution in [0.4, 0.5) is 0 Å². The van der Waals surface area contributed by atoms with Crippen LogP contribution in [0.5, 0.6) is 0 Å². The molecule has 0 aromatic rings. The molecule has 0 saturated heterocycles. The zero-order valence-corrected chi connectivity index (χ0v) is 20.9. The molecule has 150 valence electrons. The maximum atomic E-state index is 13.0. The Morgan fingerprint density at radius 1 is 0.692 bits per heavy atom. The van der Waals surface area contributed by atoms with Crippen LogP contribution in [-0.4, -0.2) is 40.7 Å². The van der Waals surface area contributed by atoms with Crippen LogP contribution in [0.3, 0.4) is 0 Å². The second-order valence-electron chi connectivity index (χ2n) is 9.07. The Morgan fingerprint density at radius 3 is 1.19 bits per heavy atom. The standard InChI is InChI=1S/C23H42OP2/c1-14(2)25(15(3)4)12-21-18(9)22(20(11)23(24)19(21)10)13-26(16(5)6)17(7)8/h14-18H,12-13H2,1-11H3. The third-order valence-electron chi connectivity index (χ3n) is 6.05. The van der Waals surface area contributed by atoms with E-state index in [1.165, 1.54) is 11.1 Å². The van der Waals surface area contributed by atoms with Gasteiger partial charge in [-0.2, -0.15) is 0 Å². The number of Topliss-reactive ketones (excluding diaryl/α,β-unsaturated/α-hetero) is 1. The minimum atomic E-state index is -0.0797. The van der Waals surface area contributed by atoms with Crippen LogP contribution < -0.4 is 0 Å². The maximum absolute atomic E-state index is 13.0. The molecule has 0 aliphatic heterocycles. The highest BCUT2D eigenvalue weighted by atomic mass is 31.1. The van der Waals surface area contributed by atoms with E-state index in [4.69, 9.17) is 0 Å². The third kappa shape index (κ3) is 5.52. The van der Waals surface area contributed by atoms with E-state index in [0.29, 0.717) is 34.3 Å². The molecular weight excluding hydrogens is 354 g/mol. The normalized spacial score (nSPS) is 17.5. The van der Waals surface area contributed by atoms with E-state index < -0.39 is 0 Å². The second-order valence-corrected chi connectivity index (χ2v) is 15.9. The summed E-state index contributed by atoms with van der Waals surface area (Å²) in [5.74, 6) is 0.760. The molecule has 1 nitrogen and oxygen atoms in total. The number of ketones is 1. The van der Waals surface area contributed by atoms with E-state index in [1.807, 2.05) is 0 Å². The van der Waals surface area contributed by atoms with Gasteiger partial charge in [-0.05, 0) is 65.9 Å². The van der Waals surface area contributed by atoms with Crippen molar-refractivity contribution in [3.63, 3.8) is 0 Å². The minimum absolute atomic E-state index is 0.0797. The summed E-state index contributed by atoms with van der Waals surface area (Å²) >= 11 is 0. The molecule has 1 aliphatic carbocycles. The van der Waals surface area contributed by atoms with Crippen molar-refractivity contribution in [2.45, 2.75) is 98.8 Å². The summed E-state index contributed by atoms with van der Waals surface area (Å²) in [6.07, 6.45) is 2.28. The topological polar surface area (TPSA) is 17.1 Å². The van der Waals surface area contributed by atoms with Gasteiger partial charge in [-0.15, -0.1) is 0 Å². The van der Waals surface area contributed by atoms with Crippen LogP contribution in [0, 0.1) is 5.92 Å². The molecule has 0 atom stereocenters. The van der Waals surface area contributed by atoms with Crippen LogP contribution in [0.2, 0.25) is 0 Å². The van der Waals surface area contributed by atoms with Crippen LogP contribution in [-0.2, 0) is 4.79 Å². The number of carbonyl (C=O) groups excluding carboxylic acids is 1. The summed E-state index contributed by atoms with van der Waals surface area (Å²) in [6.45, 7) is 25.4. The highest BCUT2D eigenvalue weighted by Crippen LogP contribution is 2.53. The lowest BCUT2D eigenvalue weighted by Crippen LogP contribution is -2.25. The fraction of sp³-hybridized carbons (Fsp3) is 0.783. The molecule has 1 rings (SSSR count). The fourth-order valence-corrected chi connectivity index (χ4v) is 9.91. The van der Waals surface area contributed by atoms with Gasteiger partial charge in [0.25, 0.3) is 0 Å². The molecule has 0 spiro atoms. The molecule has 0 amide bonds. The largest absolute Gasteiger partial charge is 0.289 e. The van der Waals surface area contributed by atoms with Crippen molar-refractivity contribution >= 4 is 21.6 Å². The molecule has 1 aliphatic rings. The van der Waals surface area contributed by atoms with Crippen molar-refractivity contribution in [1.82, 2.24) is 0 Å². The van der Waals surface area contributed by atoms with Gasteiger partial charge >= 0.3 is 0 Å². The van der Waals surface area contributed by atoms with Gasteiger partial charge in [0.1, 0.15) is 0 Å². The first-order valence-electron chi connectivity index (χ1n) is 10.3. The molecule has 3 heteroatoms. The molecule has 0 fully saturated rings. The Balaban J connectivity index is 3.22. The lowest BCUT2D eigenvalue weighted by molar-refractivity contribution is -0.112. The molecule has 0 saturated carbocycles. The minimum Gasteiger partial charge on any atom is -0.289 e. The molecule has 26 heavy (non-hydrogen) atoms. The van der Waals surface area contributed by atoms with Crippen molar-refractivity contribution in [2.24, 2.45) is 5.92 Å². The van der Waals surface area contributed by atoms with Gasteiger partial charge < -0.3 is 0 Å². The van der Waals surface area contributed by atoms with E-state index in [1.54, 1.807) is 0 Å². The molecular formula is C23H42OP2. The van der Waals surface area contributed by atoms with E-state index in [9.17, 15) is 4.79 Å². The monoisotopic (exact) mass is 396 g/mol. The van der Waals surface area contributed by atoms with E-state index in [2.05, 4.69) is 76.2 Å². The quantitative estimate of drug-likeness (QED) is 0.390. The van der Waals surface area contributed by atoms with Gasteiger partial charge in [0.2, 0.25) is 0 Å². The third-order valence-corrected chi connectivity index (χ3v) is 12.8. The van der Waals surface area contributed by atoms with E-state index >= 15 is 0 Å². The smallest absolute Gasteiger partial charge is 0.184 e. The molecule has 0 N–H and O–H groups in total. The molecule has 0 heterocycles. The lowest BCUT2D eigenvalue weighted by atomic mass is 9.80. The zero-order chi connectivity index (χ0) is 20.3. The Bertz CT molecular complexity index is 503. The summed E-state index contributed by atoms with van der Waals surface area (Å²) < 4.78 is 0. The maximum Gasteiger partial charge on any atom is 0.184 e. The van der Waals surface area contributed by atoms with Crippen LogP contribution in [0.25, 0.3) is 0 Å². The highest BCUT2D eigenvalue weighted by molar-refractivity contribution is 7.59. The van der Waals surface area contributed by atoms with Gasteiger partial charge in [-0.3, -0.25) is 4.79 Å². The number of allylic oxidation sites excluding steroid dienone is 4. The van der Waals surface area contributed by atoms with Gasteiger partial charge in [0.15, 0.2) is 5.78 Å². The first kappa shape index (κ1) is 24.0. The lowest BCUT2D eigenvalue weighted by Gasteiger charge is -2.36. The summed E-state index contributed by atoms with van der Waals surface area (Å²) in [7, 11) is -0.159. The van der Waals surface area contributed by atoms with Crippen molar-refractivity contribution in [2.75, 3.05) is 12.3 Å². The van der Waals surface area contributed by atoms with Gasteiger partial charge in [-0.1, -0.05) is 89.3 Å². The van der Waals surface area contributed by atoms with E-state index in [0.717, 1.165) is 23.5 Å². The van der Waals surface area contributed by atoms with Crippen LogP contribution in [0.15, 0.2) is 22.3 Å². The predicted molar refractivity (Wildman–Crippen MR) is 124 cm³/mol. The molecule has 0 bridgehead atoms. The van der Waals surface area contributed by atoms with Crippen molar-refractivity contribution in [1.29, 1.82) is 0 Å². The Morgan fingerprint density at radius 2 is 0.962 bits per heavy atom. The number of rotatable bonds is 8. The summed E-state index contributed by atoms with van der Waals surface area (Å²) in [4.78, 5) is 13.0. The SMILES string of the molecule is CC1=C(CP(C(C)C)C(C)C)C(C)C(CP(C(C)C)C(C)C)=C(C)C1=O. The summed E-state index contributed by atoms with van der Waals surface area (Å²) in [5.41, 5.74) is 7.85. The number of carbonyl (C=O) groups is 1. The van der Waals surface area contributed by atoms with Crippen molar-refractivity contribution in [3.05, 3.63) is 22.3 Å².